The summed E-state index contributed by atoms with van der Waals surface area (Å²) in [7, 11) is 0. The number of anilines is 1. The molecule has 0 atom stereocenters. The van der Waals surface area contributed by atoms with Crippen LogP contribution >= 0.6 is 11.8 Å². The molecule has 0 saturated heterocycles. The summed E-state index contributed by atoms with van der Waals surface area (Å²) in [5.74, 6) is 0.840. The van der Waals surface area contributed by atoms with Crippen molar-refractivity contribution in [3.8, 4) is 0 Å². The molecule has 3 heterocycles. The number of allylic oxidation sites excluding steroid dienone is 1. The van der Waals surface area contributed by atoms with Crippen molar-refractivity contribution in [2.24, 2.45) is 0 Å². The Morgan fingerprint density at radius 2 is 2.07 bits per heavy atom. The van der Waals surface area contributed by atoms with E-state index in [-0.39, 0.29) is 17.2 Å². The number of rotatable bonds is 6. The minimum absolute atomic E-state index is 0.130. The van der Waals surface area contributed by atoms with E-state index in [1.807, 2.05) is 31.2 Å². The number of pyridine rings is 1. The Balaban J connectivity index is 1.66. The van der Waals surface area contributed by atoms with Crippen LogP contribution in [0.1, 0.15) is 5.56 Å². The number of nitrogens with one attached hydrogen (secondary N) is 1. The van der Waals surface area contributed by atoms with Crippen LogP contribution in [-0.4, -0.2) is 35.8 Å². The van der Waals surface area contributed by atoms with E-state index in [2.05, 4.69) is 27.1 Å². The molecule has 0 unspecified atom stereocenters. The highest BCUT2D eigenvalue weighted by Crippen LogP contribution is 2.21. The monoisotopic (exact) mass is 406 g/mol. The van der Waals surface area contributed by atoms with Gasteiger partial charge in [0.05, 0.1) is 16.7 Å². The number of amides is 1. The third-order valence-electron chi connectivity index (χ3n) is 4.30. The van der Waals surface area contributed by atoms with Crippen molar-refractivity contribution >= 4 is 40.2 Å². The zero-order valence-electron chi connectivity index (χ0n) is 15.7. The Morgan fingerprint density at radius 1 is 1.24 bits per heavy atom. The van der Waals surface area contributed by atoms with E-state index in [0.717, 1.165) is 5.56 Å². The third kappa shape index (κ3) is 3.64. The van der Waals surface area contributed by atoms with Gasteiger partial charge in [-0.1, -0.05) is 36.0 Å². The molecule has 0 saturated carbocycles. The van der Waals surface area contributed by atoms with Crippen LogP contribution in [0.5, 0.6) is 0 Å². The zero-order chi connectivity index (χ0) is 20.4. The van der Waals surface area contributed by atoms with Gasteiger partial charge in [0.2, 0.25) is 11.7 Å². The molecule has 9 heteroatoms. The van der Waals surface area contributed by atoms with E-state index in [4.69, 9.17) is 0 Å². The number of benzene rings is 1. The van der Waals surface area contributed by atoms with Gasteiger partial charge in [-0.15, -0.1) is 16.8 Å². The molecular formula is C20H18N6O2S. The van der Waals surface area contributed by atoms with Crippen LogP contribution in [0.4, 0.5) is 5.82 Å². The van der Waals surface area contributed by atoms with Crippen molar-refractivity contribution in [1.82, 2.24) is 24.1 Å². The average molecular weight is 406 g/mol. The molecule has 0 aliphatic heterocycles. The Hall–Kier alpha value is -3.46. The van der Waals surface area contributed by atoms with Crippen molar-refractivity contribution < 1.29 is 4.79 Å². The molecule has 146 valence electrons. The highest BCUT2D eigenvalue weighted by atomic mass is 32.2. The normalized spacial score (nSPS) is 11.1. The number of aryl methyl sites for hydroxylation is 1. The second-order valence-electron chi connectivity index (χ2n) is 6.40. The van der Waals surface area contributed by atoms with Crippen molar-refractivity contribution in [3.05, 3.63) is 71.2 Å². The first-order chi connectivity index (χ1) is 14.1. The first-order valence-electron chi connectivity index (χ1n) is 8.91. The largest absolute Gasteiger partial charge is 0.310 e. The molecule has 0 fully saturated rings. The van der Waals surface area contributed by atoms with Gasteiger partial charge in [0.1, 0.15) is 5.82 Å². The van der Waals surface area contributed by atoms with Gasteiger partial charge >= 0.3 is 0 Å². The molecule has 29 heavy (non-hydrogen) atoms. The molecule has 1 aromatic carbocycles. The van der Waals surface area contributed by atoms with Gasteiger partial charge in [0.25, 0.3) is 5.56 Å². The van der Waals surface area contributed by atoms with Gasteiger partial charge in [0, 0.05) is 12.7 Å². The highest BCUT2D eigenvalue weighted by molar-refractivity contribution is 7.99. The zero-order valence-corrected chi connectivity index (χ0v) is 16.5. The van der Waals surface area contributed by atoms with Crippen LogP contribution in [0.2, 0.25) is 0 Å². The van der Waals surface area contributed by atoms with E-state index in [9.17, 15) is 9.59 Å². The summed E-state index contributed by atoms with van der Waals surface area (Å²) in [5.41, 5.74) is 1.56. The van der Waals surface area contributed by atoms with Gasteiger partial charge in [0.15, 0.2) is 5.16 Å². The van der Waals surface area contributed by atoms with E-state index in [1.165, 1.54) is 16.3 Å². The van der Waals surface area contributed by atoms with Crippen LogP contribution in [0.3, 0.4) is 0 Å². The van der Waals surface area contributed by atoms with Crippen LogP contribution in [-0.2, 0) is 11.3 Å². The topological polar surface area (TPSA) is 94.2 Å². The number of fused-ring (bicyclic) bond motifs is 3. The minimum atomic E-state index is -0.202. The number of hydrogen-bond acceptors (Lipinski definition) is 6. The highest BCUT2D eigenvalue weighted by Gasteiger charge is 2.17. The van der Waals surface area contributed by atoms with Crippen LogP contribution in [0.15, 0.2) is 65.2 Å². The lowest BCUT2D eigenvalue weighted by molar-refractivity contribution is -0.113. The lowest BCUT2D eigenvalue weighted by Gasteiger charge is -2.09. The molecule has 0 aliphatic rings. The van der Waals surface area contributed by atoms with Gasteiger partial charge in [-0.25, -0.2) is 4.98 Å². The number of hydrogen-bond donors (Lipinski definition) is 1. The molecule has 0 spiro atoms. The van der Waals surface area contributed by atoms with Gasteiger partial charge < -0.3 is 5.32 Å². The lowest BCUT2D eigenvalue weighted by atomic mass is 10.2. The van der Waals surface area contributed by atoms with Crippen LogP contribution in [0.25, 0.3) is 16.7 Å². The Kier molecular flexibility index (Phi) is 5.13. The van der Waals surface area contributed by atoms with E-state index in [1.54, 1.807) is 28.8 Å². The smallest absolute Gasteiger partial charge is 0.263 e. The van der Waals surface area contributed by atoms with Crippen molar-refractivity contribution in [2.75, 3.05) is 11.1 Å². The molecule has 0 radical (unpaired) electrons. The van der Waals surface area contributed by atoms with E-state index in [0.29, 0.717) is 34.2 Å². The van der Waals surface area contributed by atoms with Gasteiger partial charge in [-0.05, 0) is 30.7 Å². The van der Waals surface area contributed by atoms with Gasteiger partial charge in [-0.3, -0.25) is 18.6 Å². The molecule has 1 N–H and O–H groups in total. The fourth-order valence-electron chi connectivity index (χ4n) is 2.97. The average Bonchev–Trinajstić information content (AvgIpc) is 3.15. The summed E-state index contributed by atoms with van der Waals surface area (Å²) in [6.45, 7) is 5.96. The predicted octanol–water partition coefficient (Wildman–Crippen LogP) is 2.66. The Bertz CT molecular complexity index is 1280. The number of thioether (sulfide) groups is 1. The number of nitrogens with zero attached hydrogens (tertiary/aromatic N) is 5. The van der Waals surface area contributed by atoms with Crippen LogP contribution < -0.4 is 10.9 Å². The molecule has 1 amide bonds. The second-order valence-corrected chi connectivity index (χ2v) is 7.34. The maximum absolute atomic E-state index is 12.8. The van der Waals surface area contributed by atoms with Crippen molar-refractivity contribution in [2.45, 2.75) is 18.6 Å². The molecule has 8 nitrogen and oxygen atoms in total. The van der Waals surface area contributed by atoms with Crippen molar-refractivity contribution in [3.63, 3.8) is 0 Å². The standard InChI is InChI=1S/C20H18N6O2S/c1-3-10-25-18(28)14-6-4-5-7-15(14)26-19(25)23-24-20(26)29-12-17(27)22-16-9-8-13(2)11-21-16/h3-9,11H,1,10,12H2,2H3,(H,21,22,27). The molecular weight excluding hydrogens is 388 g/mol. The quantitative estimate of drug-likeness (QED) is 0.391. The summed E-state index contributed by atoms with van der Waals surface area (Å²) in [4.78, 5) is 29.3. The Labute approximate surface area is 170 Å². The Morgan fingerprint density at radius 3 is 2.83 bits per heavy atom. The molecule has 4 rings (SSSR count). The fourth-order valence-corrected chi connectivity index (χ4v) is 3.71. The minimum Gasteiger partial charge on any atom is -0.310 e. The lowest BCUT2D eigenvalue weighted by Crippen LogP contribution is -2.22. The maximum Gasteiger partial charge on any atom is 0.263 e. The summed E-state index contributed by atoms with van der Waals surface area (Å²) < 4.78 is 3.31. The summed E-state index contributed by atoms with van der Waals surface area (Å²) in [5, 5.41) is 12.2. The van der Waals surface area contributed by atoms with Gasteiger partial charge in [-0.2, -0.15) is 0 Å². The number of carbonyl (C=O) groups is 1. The number of para-hydroxylation sites is 1. The predicted molar refractivity (Wildman–Crippen MR) is 113 cm³/mol. The number of aromatic nitrogens is 5. The molecule has 4 aromatic rings. The van der Waals surface area contributed by atoms with E-state index >= 15 is 0 Å². The molecule has 0 aliphatic carbocycles. The maximum atomic E-state index is 12.8. The summed E-state index contributed by atoms with van der Waals surface area (Å²) in [6, 6.07) is 10.9. The molecule has 3 aromatic heterocycles. The molecule has 0 bridgehead atoms. The fraction of sp³-hybridized carbons (Fsp3) is 0.150. The van der Waals surface area contributed by atoms with Crippen LogP contribution in [0, 0.1) is 6.92 Å². The first kappa shape index (κ1) is 18.9. The van der Waals surface area contributed by atoms with E-state index < -0.39 is 0 Å². The third-order valence-corrected chi connectivity index (χ3v) is 5.23. The number of carbonyl (C=O) groups excluding carboxylic acids is 1. The first-order valence-corrected chi connectivity index (χ1v) is 9.90. The van der Waals surface area contributed by atoms with Crippen molar-refractivity contribution in [1.29, 1.82) is 0 Å². The SMILES string of the molecule is C=CCn1c(=O)c2ccccc2n2c(SCC(=O)Nc3ccc(C)cn3)nnc12. The second kappa shape index (κ2) is 7.88. The summed E-state index contributed by atoms with van der Waals surface area (Å²) >= 11 is 1.24. The summed E-state index contributed by atoms with van der Waals surface area (Å²) in [6.07, 6.45) is 3.33.